The Balaban J connectivity index is 1.24. The molecule has 0 aliphatic carbocycles. The molecule has 0 spiro atoms. The number of H-pyrrole nitrogens is 1. The number of aromatic nitrogens is 5. The molecule has 1 aromatic carbocycles. The third kappa shape index (κ3) is 4.04. The van der Waals surface area contributed by atoms with Gasteiger partial charge in [-0.05, 0) is 30.9 Å². The van der Waals surface area contributed by atoms with Crippen LogP contribution in [0.1, 0.15) is 24.2 Å². The van der Waals surface area contributed by atoms with Crippen LogP contribution in [0.15, 0.2) is 36.9 Å². The minimum Gasteiger partial charge on any atom is -0.474 e. The molecule has 4 aromatic rings. The van der Waals surface area contributed by atoms with E-state index in [2.05, 4.69) is 68.3 Å². The number of benzene rings is 1. The Morgan fingerprint density at radius 2 is 2.12 bits per heavy atom. The Morgan fingerprint density at radius 1 is 1.24 bits per heavy atom. The van der Waals surface area contributed by atoms with Crippen molar-refractivity contribution >= 4 is 27.8 Å². The molecule has 3 aromatic heterocycles. The van der Waals surface area contributed by atoms with E-state index < -0.39 is 0 Å². The van der Waals surface area contributed by atoms with E-state index in [4.69, 9.17) is 19.2 Å². The number of hydrogen-bond donors (Lipinski definition) is 2. The number of ether oxygens (including phenoxy) is 3. The van der Waals surface area contributed by atoms with Crippen molar-refractivity contribution in [1.29, 1.82) is 0 Å². The van der Waals surface area contributed by atoms with Gasteiger partial charge in [0.1, 0.15) is 30.8 Å². The zero-order valence-corrected chi connectivity index (χ0v) is 19.2. The highest BCUT2D eigenvalue weighted by Gasteiger charge is 2.44. The van der Waals surface area contributed by atoms with Gasteiger partial charge < -0.3 is 24.5 Å². The molecular formula is C24H27N7O3. The minimum absolute atomic E-state index is 0.0489. The number of rotatable bonds is 7. The molecule has 10 heteroatoms. The Morgan fingerprint density at radius 3 is 3.00 bits per heavy atom. The van der Waals surface area contributed by atoms with E-state index in [0.29, 0.717) is 24.0 Å². The third-order valence-electron chi connectivity index (χ3n) is 6.42. The highest BCUT2D eigenvalue weighted by Crippen LogP contribution is 2.33. The maximum atomic E-state index is 6.28. The van der Waals surface area contributed by atoms with Gasteiger partial charge in [-0.3, -0.25) is 4.90 Å². The monoisotopic (exact) mass is 461 g/mol. The summed E-state index contributed by atoms with van der Waals surface area (Å²) in [5.41, 5.74) is 3.38. The number of hydrogen-bond acceptors (Lipinski definition) is 9. The molecule has 0 amide bonds. The zero-order valence-electron chi connectivity index (χ0n) is 19.2. The lowest BCUT2D eigenvalue weighted by atomic mass is 10.0. The number of aromatic amines is 1. The van der Waals surface area contributed by atoms with Crippen LogP contribution < -0.4 is 10.1 Å². The highest BCUT2D eigenvalue weighted by atomic mass is 16.6. The van der Waals surface area contributed by atoms with Crippen molar-refractivity contribution in [1.82, 2.24) is 29.8 Å². The summed E-state index contributed by atoms with van der Waals surface area (Å²) in [6, 6.07) is 8.21. The summed E-state index contributed by atoms with van der Waals surface area (Å²) in [6.07, 6.45) is 3.27. The van der Waals surface area contributed by atoms with Crippen LogP contribution >= 0.6 is 0 Å². The van der Waals surface area contributed by atoms with Gasteiger partial charge in [-0.2, -0.15) is 0 Å². The van der Waals surface area contributed by atoms with Crippen molar-refractivity contribution in [3.8, 4) is 5.88 Å². The van der Waals surface area contributed by atoms with Crippen LogP contribution in [0.3, 0.4) is 0 Å². The Labute approximate surface area is 196 Å². The van der Waals surface area contributed by atoms with E-state index in [1.807, 2.05) is 0 Å². The second-order valence-electron chi connectivity index (χ2n) is 8.74. The first-order chi connectivity index (χ1) is 16.7. The van der Waals surface area contributed by atoms with E-state index in [1.165, 1.54) is 6.33 Å². The number of nitrogens with zero attached hydrogens (tertiary/aromatic N) is 5. The number of fused-ring (bicyclic) bond motifs is 2. The average molecular weight is 462 g/mol. The molecular weight excluding hydrogens is 434 g/mol. The maximum absolute atomic E-state index is 6.28. The maximum Gasteiger partial charge on any atom is 0.222 e. The smallest absolute Gasteiger partial charge is 0.222 e. The largest absolute Gasteiger partial charge is 0.474 e. The van der Waals surface area contributed by atoms with Gasteiger partial charge in [0, 0.05) is 18.5 Å². The molecule has 2 aliphatic rings. The van der Waals surface area contributed by atoms with E-state index in [0.717, 1.165) is 53.8 Å². The van der Waals surface area contributed by atoms with Gasteiger partial charge >= 0.3 is 0 Å². The molecule has 34 heavy (non-hydrogen) atoms. The first kappa shape index (κ1) is 21.2. The molecule has 2 saturated heterocycles. The SMILES string of the molecule is Cc1cccc2cc([C@H](C)Nc3ncnc4nc[nH]c34)nc(OCC3OC3N3CCOCC3)c12. The predicted molar refractivity (Wildman–Crippen MR) is 127 cm³/mol. The molecule has 0 radical (unpaired) electrons. The summed E-state index contributed by atoms with van der Waals surface area (Å²) in [4.78, 5) is 23.1. The van der Waals surface area contributed by atoms with E-state index in [9.17, 15) is 0 Å². The van der Waals surface area contributed by atoms with E-state index in [-0.39, 0.29) is 18.4 Å². The number of aryl methyl sites for hydroxylation is 1. The van der Waals surface area contributed by atoms with Crippen molar-refractivity contribution in [2.24, 2.45) is 0 Å². The summed E-state index contributed by atoms with van der Waals surface area (Å²) in [7, 11) is 0. The first-order valence-corrected chi connectivity index (χ1v) is 11.6. The summed E-state index contributed by atoms with van der Waals surface area (Å²) in [6.45, 7) is 7.89. The van der Waals surface area contributed by atoms with Crippen LogP contribution in [0.25, 0.3) is 21.9 Å². The van der Waals surface area contributed by atoms with Crippen LogP contribution in [0.5, 0.6) is 5.88 Å². The molecule has 2 aliphatic heterocycles. The van der Waals surface area contributed by atoms with Gasteiger partial charge in [0.2, 0.25) is 5.88 Å². The molecule has 0 saturated carbocycles. The number of pyridine rings is 1. The van der Waals surface area contributed by atoms with E-state index >= 15 is 0 Å². The topological polar surface area (TPSA) is 114 Å². The third-order valence-corrected chi connectivity index (χ3v) is 6.42. The fraction of sp³-hybridized carbons (Fsp3) is 0.417. The second-order valence-corrected chi connectivity index (χ2v) is 8.74. The van der Waals surface area contributed by atoms with Gasteiger partial charge in [0.05, 0.1) is 31.3 Å². The normalized spacial score (nSPS) is 21.6. The Hall–Kier alpha value is -3.34. The summed E-state index contributed by atoms with van der Waals surface area (Å²) in [5.74, 6) is 1.31. The van der Waals surface area contributed by atoms with Crippen molar-refractivity contribution < 1.29 is 14.2 Å². The summed E-state index contributed by atoms with van der Waals surface area (Å²) < 4.78 is 17.6. The van der Waals surface area contributed by atoms with Crippen LogP contribution in [0.4, 0.5) is 5.82 Å². The molecule has 10 nitrogen and oxygen atoms in total. The van der Waals surface area contributed by atoms with Gasteiger partial charge in [-0.1, -0.05) is 18.2 Å². The lowest BCUT2D eigenvalue weighted by molar-refractivity contribution is 0.0161. The second kappa shape index (κ2) is 8.79. The molecule has 2 fully saturated rings. The number of morpholine rings is 1. The average Bonchev–Trinajstić information content (AvgIpc) is 3.48. The number of epoxide rings is 1. The number of imidazole rings is 1. The standard InChI is InChI=1S/C24H27N7O3/c1-14-4-3-5-16-10-17(15(2)29-22-20-21(26-12-25-20)27-13-28-22)30-23(19(14)16)33-11-18-24(34-18)31-6-8-32-9-7-31/h3-5,10,12-13,15,18,24H,6-9,11H2,1-2H3,(H2,25,26,27,28,29)/t15-,18?,24?/m0/s1. The van der Waals surface area contributed by atoms with Crippen molar-refractivity contribution in [3.05, 3.63) is 48.2 Å². The van der Waals surface area contributed by atoms with Crippen LogP contribution in [0.2, 0.25) is 0 Å². The van der Waals surface area contributed by atoms with Crippen molar-refractivity contribution in [2.45, 2.75) is 32.2 Å². The summed E-state index contributed by atoms with van der Waals surface area (Å²) >= 11 is 0. The van der Waals surface area contributed by atoms with Crippen LogP contribution in [-0.2, 0) is 9.47 Å². The van der Waals surface area contributed by atoms with Gasteiger partial charge in [-0.25, -0.2) is 19.9 Å². The molecule has 5 heterocycles. The molecule has 2 unspecified atom stereocenters. The fourth-order valence-corrected chi connectivity index (χ4v) is 4.52. The molecule has 3 atom stereocenters. The number of nitrogens with one attached hydrogen (secondary N) is 2. The molecule has 6 rings (SSSR count). The summed E-state index contributed by atoms with van der Waals surface area (Å²) in [5, 5.41) is 5.55. The quantitative estimate of drug-likeness (QED) is 0.401. The van der Waals surface area contributed by atoms with Gasteiger partial charge in [-0.15, -0.1) is 0 Å². The predicted octanol–water partition coefficient (Wildman–Crippen LogP) is 2.82. The van der Waals surface area contributed by atoms with Crippen LogP contribution in [0, 0.1) is 6.92 Å². The molecule has 176 valence electrons. The minimum atomic E-state index is -0.119. The molecule has 2 N–H and O–H groups in total. The van der Waals surface area contributed by atoms with Crippen molar-refractivity contribution in [2.75, 3.05) is 38.2 Å². The molecule has 0 bridgehead atoms. The Bertz CT molecular complexity index is 1320. The lowest BCUT2D eigenvalue weighted by Crippen LogP contribution is -2.39. The van der Waals surface area contributed by atoms with E-state index in [1.54, 1.807) is 6.33 Å². The zero-order chi connectivity index (χ0) is 23.1. The Kier molecular flexibility index (Phi) is 5.48. The first-order valence-electron chi connectivity index (χ1n) is 11.6. The van der Waals surface area contributed by atoms with Gasteiger partial charge in [0.25, 0.3) is 0 Å². The van der Waals surface area contributed by atoms with Gasteiger partial charge in [0.15, 0.2) is 11.5 Å². The van der Waals surface area contributed by atoms with Crippen LogP contribution in [-0.4, -0.2) is 75.1 Å². The number of anilines is 1. The van der Waals surface area contributed by atoms with Crippen molar-refractivity contribution in [3.63, 3.8) is 0 Å². The fourth-order valence-electron chi connectivity index (χ4n) is 4.52. The highest BCUT2D eigenvalue weighted by molar-refractivity contribution is 5.90. The lowest BCUT2D eigenvalue weighted by Gasteiger charge is -2.24.